The van der Waals surface area contributed by atoms with Gasteiger partial charge < -0.3 is 15.4 Å². The number of anilines is 2. The monoisotopic (exact) mass is 256 g/mol. The number of carbonyl (C=O) groups excluding carboxylic acids is 1. The Balaban J connectivity index is 2.40. The first-order valence-corrected chi connectivity index (χ1v) is 5.52. The molecule has 0 saturated carbocycles. The molecule has 98 valence electrons. The van der Waals surface area contributed by atoms with Crippen LogP contribution in [0, 0.1) is 0 Å². The molecular weight excluding hydrogens is 242 g/mol. The van der Waals surface area contributed by atoms with Crippen LogP contribution in [0.1, 0.15) is 13.3 Å². The zero-order chi connectivity index (χ0) is 13.5. The van der Waals surface area contributed by atoms with E-state index in [9.17, 15) is 13.6 Å². The van der Waals surface area contributed by atoms with Gasteiger partial charge in [-0.3, -0.25) is 4.79 Å². The summed E-state index contributed by atoms with van der Waals surface area (Å²) in [4.78, 5) is 12.7. The maximum atomic E-state index is 13.3. The van der Waals surface area contributed by atoms with Gasteiger partial charge in [-0.15, -0.1) is 0 Å². The smallest absolute Gasteiger partial charge is 0.327 e. The third-order valence-corrected chi connectivity index (χ3v) is 3.02. The van der Waals surface area contributed by atoms with E-state index in [4.69, 9.17) is 10.5 Å². The van der Waals surface area contributed by atoms with Crippen molar-refractivity contribution in [3.05, 3.63) is 18.2 Å². The van der Waals surface area contributed by atoms with Crippen molar-refractivity contribution in [1.82, 2.24) is 0 Å². The topological polar surface area (TPSA) is 55.6 Å². The number of hydrogen-bond donors (Lipinski definition) is 1. The first-order valence-electron chi connectivity index (χ1n) is 5.52. The lowest BCUT2D eigenvalue weighted by molar-refractivity contribution is -0.137. The van der Waals surface area contributed by atoms with Gasteiger partial charge in [0.2, 0.25) is 0 Å². The molecule has 0 aromatic heterocycles. The molecule has 0 bridgehead atoms. The van der Waals surface area contributed by atoms with E-state index in [1.807, 2.05) is 0 Å². The molecular formula is C12H14F2N2O2. The number of nitrogens with zero attached hydrogens (tertiary/aromatic N) is 1. The maximum absolute atomic E-state index is 13.3. The number of halogens is 2. The van der Waals surface area contributed by atoms with E-state index in [1.54, 1.807) is 6.92 Å². The Labute approximate surface area is 103 Å². The summed E-state index contributed by atoms with van der Waals surface area (Å²) in [7, 11) is 1.43. The van der Waals surface area contributed by atoms with E-state index in [2.05, 4.69) is 0 Å². The van der Waals surface area contributed by atoms with E-state index in [0.29, 0.717) is 17.1 Å². The third-order valence-electron chi connectivity index (χ3n) is 3.02. The van der Waals surface area contributed by atoms with Crippen molar-refractivity contribution < 1.29 is 18.3 Å². The average molecular weight is 256 g/mol. The first kappa shape index (κ1) is 12.6. The summed E-state index contributed by atoms with van der Waals surface area (Å²) in [6.07, 6.45) is -0.474. The molecule has 2 N–H and O–H groups in total. The van der Waals surface area contributed by atoms with Gasteiger partial charge in [-0.05, 0) is 19.1 Å². The molecule has 1 heterocycles. The van der Waals surface area contributed by atoms with E-state index >= 15 is 0 Å². The van der Waals surface area contributed by atoms with Crippen LogP contribution in [-0.2, 0) is 4.79 Å². The Bertz CT molecular complexity index is 491. The van der Waals surface area contributed by atoms with Gasteiger partial charge in [0.1, 0.15) is 5.75 Å². The van der Waals surface area contributed by atoms with Crippen molar-refractivity contribution in [2.45, 2.75) is 25.3 Å². The lowest BCUT2D eigenvalue weighted by atomic mass is 10.2. The number of amides is 1. The fourth-order valence-corrected chi connectivity index (χ4v) is 2.15. The highest BCUT2D eigenvalue weighted by atomic mass is 19.3. The highest BCUT2D eigenvalue weighted by Crippen LogP contribution is 2.38. The van der Waals surface area contributed by atoms with Gasteiger partial charge in [-0.25, -0.2) is 0 Å². The van der Waals surface area contributed by atoms with Crippen LogP contribution in [0.15, 0.2) is 18.2 Å². The summed E-state index contributed by atoms with van der Waals surface area (Å²) < 4.78 is 31.7. The third kappa shape index (κ3) is 1.87. The number of carbonyl (C=O) groups is 1. The fraction of sp³-hybridized carbons (Fsp3) is 0.417. The zero-order valence-corrected chi connectivity index (χ0v) is 10.1. The van der Waals surface area contributed by atoms with Gasteiger partial charge in [0.15, 0.2) is 0 Å². The van der Waals surface area contributed by atoms with Crippen LogP contribution >= 0.6 is 0 Å². The molecule has 4 nitrogen and oxygen atoms in total. The lowest BCUT2D eigenvalue weighted by Gasteiger charge is -2.22. The van der Waals surface area contributed by atoms with Crippen molar-refractivity contribution in [3.8, 4) is 5.75 Å². The second-order valence-corrected chi connectivity index (χ2v) is 4.36. The number of alkyl halides is 2. The Kier molecular flexibility index (Phi) is 2.88. The van der Waals surface area contributed by atoms with Crippen molar-refractivity contribution in [1.29, 1.82) is 0 Å². The van der Waals surface area contributed by atoms with Crippen LogP contribution in [0.5, 0.6) is 5.75 Å². The van der Waals surface area contributed by atoms with Crippen molar-refractivity contribution in [3.63, 3.8) is 0 Å². The van der Waals surface area contributed by atoms with E-state index < -0.39 is 24.3 Å². The number of nitrogens with two attached hydrogens (primary N) is 1. The average Bonchev–Trinajstić information content (AvgIpc) is 2.50. The van der Waals surface area contributed by atoms with Gasteiger partial charge in [0.05, 0.1) is 12.8 Å². The van der Waals surface area contributed by atoms with Crippen molar-refractivity contribution >= 4 is 17.3 Å². The molecule has 1 saturated heterocycles. The van der Waals surface area contributed by atoms with Crippen LogP contribution in [0.4, 0.5) is 20.2 Å². The molecule has 0 radical (unpaired) electrons. The van der Waals surface area contributed by atoms with Gasteiger partial charge in [0, 0.05) is 24.2 Å². The Morgan fingerprint density at radius 3 is 2.67 bits per heavy atom. The van der Waals surface area contributed by atoms with Crippen LogP contribution in [0.2, 0.25) is 0 Å². The lowest BCUT2D eigenvalue weighted by Crippen LogP contribution is -2.35. The number of hydrogen-bond acceptors (Lipinski definition) is 3. The predicted octanol–water partition coefficient (Wildman–Crippen LogP) is 2.04. The summed E-state index contributed by atoms with van der Waals surface area (Å²) in [6.45, 7) is 1.58. The van der Waals surface area contributed by atoms with Gasteiger partial charge in [-0.1, -0.05) is 0 Å². The molecule has 6 heteroatoms. The number of ether oxygens (including phenoxy) is 1. The highest BCUT2D eigenvalue weighted by molar-refractivity contribution is 6.01. The van der Waals surface area contributed by atoms with E-state index in [-0.39, 0.29) is 0 Å². The molecule has 1 aliphatic rings. The van der Waals surface area contributed by atoms with E-state index in [0.717, 1.165) is 4.90 Å². The first-order chi connectivity index (χ1) is 8.36. The molecule has 1 aromatic rings. The molecule has 0 spiro atoms. The minimum absolute atomic E-state index is 0.364. The quantitative estimate of drug-likeness (QED) is 0.824. The number of benzene rings is 1. The summed E-state index contributed by atoms with van der Waals surface area (Å²) in [5.74, 6) is -4.11. The minimum atomic E-state index is -3.30. The summed E-state index contributed by atoms with van der Waals surface area (Å²) in [5, 5.41) is 0. The van der Waals surface area contributed by atoms with E-state index in [1.165, 1.54) is 25.3 Å². The molecule has 0 aliphatic carbocycles. The largest absolute Gasteiger partial charge is 0.495 e. The summed E-state index contributed by atoms with van der Waals surface area (Å²) >= 11 is 0. The second kappa shape index (κ2) is 4.12. The fourth-order valence-electron chi connectivity index (χ4n) is 2.15. The number of rotatable bonds is 2. The molecule has 1 aromatic carbocycles. The maximum Gasteiger partial charge on any atom is 0.327 e. The molecule has 1 aliphatic heterocycles. The second-order valence-electron chi connectivity index (χ2n) is 4.36. The Morgan fingerprint density at radius 2 is 2.17 bits per heavy atom. The van der Waals surface area contributed by atoms with Crippen LogP contribution in [0.3, 0.4) is 0 Å². The molecule has 0 unspecified atom stereocenters. The zero-order valence-electron chi connectivity index (χ0n) is 10.1. The van der Waals surface area contributed by atoms with Gasteiger partial charge in [-0.2, -0.15) is 8.78 Å². The summed E-state index contributed by atoms with van der Waals surface area (Å²) in [6, 6.07) is 4.00. The normalized spacial score (nSPS) is 22.3. The SMILES string of the molecule is COc1cc(N2C(=O)C(F)(F)C[C@@H]2C)ccc1N. The standard InChI is InChI=1S/C12H14F2N2O2/c1-7-6-12(13,14)11(17)16(7)8-3-4-9(15)10(5-8)18-2/h3-5,7H,6,15H2,1-2H3/t7-/m0/s1. The molecule has 1 atom stereocenters. The van der Waals surface area contributed by atoms with Crippen molar-refractivity contribution in [2.24, 2.45) is 0 Å². The van der Waals surface area contributed by atoms with Crippen molar-refractivity contribution in [2.75, 3.05) is 17.7 Å². The summed E-state index contributed by atoms with van der Waals surface area (Å²) in [5.41, 5.74) is 6.41. The van der Waals surface area contributed by atoms with Crippen LogP contribution in [0.25, 0.3) is 0 Å². The highest BCUT2D eigenvalue weighted by Gasteiger charge is 2.52. The molecule has 18 heavy (non-hydrogen) atoms. The molecule has 1 amide bonds. The molecule has 1 fully saturated rings. The molecule has 2 rings (SSSR count). The van der Waals surface area contributed by atoms with Gasteiger partial charge >= 0.3 is 5.92 Å². The van der Waals surface area contributed by atoms with Gasteiger partial charge in [0.25, 0.3) is 5.91 Å². The predicted molar refractivity (Wildman–Crippen MR) is 63.9 cm³/mol. The Hall–Kier alpha value is -1.85. The number of nitrogen functional groups attached to an aromatic ring is 1. The van der Waals surface area contributed by atoms with Crippen LogP contribution in [-0.4, -0.2) is 25.0 Å². The number of methoxy groups -OCH3 is 1. The minimum Gasteiger partial charge on any atom is -0.495 e. The van der Waals surface area contributed by atoms with Crippen LogP contribution < -0.4 is 15.4 Å². The Morgan fingerprint density at radius 1 is 1.50 bits per heavy atom.